The highest BCUT2D eigenvalue weighted by atomic mass is 19.4. The van der Waals surface area contributed by atoms with E-state index >= 15 is 0 Å². The van der Waals surface area contributed by atoms with Crippen LogP contribution in [0.25, 0.3) is 0 Å². The smallest absolute Gasteiger partial charge is 0.353 e. The van der Waals surface area contributed by atoms with Crippen LogP contribution in [0.5, 0.6) is 0 Å². The predicted molar refractivity (Wildman–Crippen MR) is 112 cm³/mol. The zero-order chi connectivity index (χ0) is 22.7. The molecule has 0 bridgehead atoms. The average Bonchev–Trinajstić information content (AvgIpc) is 2.78. The van der Waals surface area contributed by atoms with Gasteiger partial charge in [0, 0.05) is 44.6 Å². The Morgan fingerprint density at radius 3 is 2.38 bits per heavy atom. The van der Waals surface area contributed by atoms with Gasteiger partial charge in [-0.25, -0.2) is 15.0 Å². The monoisotopic (exact) mass is 443 g/mol. The summed E-state index contributed by atoms with van der Waals surface area (Å²) in [6.07, 6.45) is -0.395. The van der Waals surface area contributed by atoms with E-state index in [1.165, 1.54) is 6.33 Å². The van der Waals surface area contributed by atoms with E-state index in [2.05, 4.69) is 25.3 Å². The van der Waals surface area contributed by atoms with Crippen LogP contribution in [-0.4, -0.2) is 56.9 Å². The maximum Gasteiger partial charge on any atom is 0.433 e. The number of carbonyl (C=O) groups excluding carboxylic acids is 1. The summed E-state index contributed by atoms with van der Waals surface area (Å²) in [4.78, 5) is 32.4. The lowest BCUT2D eigenvalue weighted by Gasteiger charge is -2.35. The van der Waals surface area contributed by atoms with Crippen molar-refractivity contribution in [2.24, 2.45) is 0 Å². The molecule has 3 aromatic heterocycles. The first-order valence-corrected chi connectivity index (χ1v) is 9.89. The van der Waals surface area contributed by atoms with Crippen LogP contribution in [0, 0.1) is 6.92 Å². The summed E-state index contributed by atoms with van der Waals surface area (Å²) in [6, 6.07) is 7.59. The summed E-state index contributed by atoms with van der Waals surface area (Å²) >= 11 is 0. The van der Waals surface area contributed by atoms with Crippen LogP contribution in [0.3, 0.4) is 0 Å². The second-order valence-corrected chi connectivity index (χ2v) is 7.31. The first-order chi connectivity index (χ1) is 15.3. The van der Waals surface area contributed by atoms with Gasteiger partial charge in [-0.05, 0) is 36.8 Å². The van der Waals surface area contributed by atoms with Gasteiger partial charge in [-0.2, -0.15) is 13.2 Å². The molecular weight excluding hydrogens is 423 g/mol. The fourth-order valence-electron chi connectivity index (χ4n) is 3.33. The van der Waals surface area contributed by atoms with Gasteiger partial charge in [0.1, 0.15) is 29.5 Å². The number of aryl methyl sites for hydroxylation is 1. The summed E-state index contributed by atoms with van der Waals surface area (Å²) in [6.45, 7) is 3.84. The number of nitrogens with one attached hydrogen (secondary N) is 1. The maximum absolute atomic E-state index is 12.7. The molecule has 0 saturated carbocycles. The van der Waals surface area contributed by atoms with Gasteiger partial charge in [0.2, 0.25) is 0 Å². The molecule has 1 aliphatic heterocycles. The van der Waals surface area contributed by atoms with Crippen LogP contribution in [0.1, 0.15) is 21.6 Å². The van der Waals surface area contributed by atoms with Crippen molar-refractivity contribution in [3.05, 3.63) is 65.9 Å². The van der Waals surface area contributed by atoms with E-state index in [0.717, 1.165) is 23.9 Å². The van der Waals surface area contributed by atoms with E-state index in [1.807, 2.05) is 24.0 Å². The first-order valence-electron chi connectivity index (χ1n) is 9.89. The molecule has 3 aromatic rings. The lowest BCUT2D eigenvalue weighted by atomic mass is 10.2. The summed E-state index contributed by atoms with van der Waals surface area (Å²) in [5.74, 6) is 1.64. The van der Waals surface area contributed by atoms with Crippen molar-refractivity contribution in [3.8, 4) is 0 Å². The van der Waals surface area contributed by atoms with Gasteiger partial charge in [0.15, 0.2) is 0 Å². The molecule has 1 amide bonds. The number of pyridine rings is 2. The van der Waals surface area contributed by atoms with Gasteiger partial charge >= 0.3 is 6.18 Å². The lowest BCUT2D eigenvalue weighted by molar-refractivity contribution is -0.141. The van der Waals surface area contributed by atoms with Crippen LogP contribution >= 0.6 is 0 Å². The van der Waals surface area contributed by atoms with E-state index < -0.39 is 11.9 Å². The first kappa shape index (κ1) is 21.5. The summed E-state index contributed by atoms with van der Waals surface area (Å²) < 4.78 is 38.0. The third-order valence-electron chi connectivity index (χ3n) is 5.02. The van der Waals surface area contributed by atoms with Crippen molar-refractivity contribution < 1.29 is 18.0 Å². The number of alkyl halides is 3. The highest BCUT2D eigenvalue weighted by Crippen LogP contribution is 2.27. The molecule has 1 saturated heterocycles. The van der Waals surface area contributed by atoms with Crippen LogP contribution < -0.4 is 10.2 Å². The number of aromatic nitrogens is 4. The quantitative estimate of drug-likeness (QED) is 0.662. The SMILES string of the molecule is Cc1ccnc(Nc2cc(N3CCN(C(=O)c4ccc(C(F)(F)F)nc4)CC3)ncn2)c1. The highest BCUT2D eigenvalue weighted by molar-refractivity contribution is 5.94. The fraction of sp³-hybridized carbons (Fsp3) is 0.286. The number of hydrogen-bond donors (Lipinski definition) is 1. The molecule has 166 valence electrons. The summed E-state index contributed by atoms with van der Waals surface area (Å²) in [5.41, 5.74) is 0.180. The topological polar surface area (TPSA) is 87.1 Å². The van der Waals surface area contributed by atoms with Crippen molar-refractivity contribution in [1.29, 1.82) is 0 Å². The summed E-state index contributed by atoms with van der Waals surface area (Å²) in [7, 11) is 0. The minimum absolute atomic E-state index is 0.130. The number of rotatable bonds is 4. The molecule has 11 heteroatoms. The van der Waals surface area contributed by atoms with Gasteiger partial charge in [-0.15, -0.1) is 0 Å². The number of piperazine rings is 1. The molecule has 0 spiro atoms. The average molecular weight is 443 g/mol. The second kappa shape index (κ2) is 8.77. The second-order valence-electron chi connectivity index (χ2n) is 7.31. The van der Waals surface area contributed by atoms with Gasteiger partial charge < -0.3 is 15.1 Å². The molecular formula is C21H20F3N7O. The van der Waals surface area contributed by atoms with Crippen LogP contribution in [0.15, 0.2) is 49.1 Å². The zero-order valence-corrected chi connectivity index (χ0v) is 17.2. The lowest BCUT2D eigenvalue weighted by Crippen LogP contribution is -2.49. The molecule has 4 rings (SSSR count). The van der Waals surface area contributed by atoms with Crippen LogP contribution in [-0.2, 0) is 6.18 Å². The van der Waals surface area contributed by atoms with Crippen molar-refractivity contribution in [2.45, 2.75) is 13.1 Å². The molecule has 0 aliphatic carbocycles. The largest absolute Gasteiger partial charge is 0.433 e. The number of halogens is 3. The van der Waals surface area contributed by atoms with E-state index in [9.17, 15) is 18.0 Å². The van der Waals surface area contributed by atoms with Crippen molar-refractivity contribution in [3.63, 3.8) is 0 Å². The van der Waals surface area contributed by atoms with Gasteiger partial charge in [-0.1, -0.05) is 0 Å². The van der Waals surface area contributed by atoms with Crippen molar-refractivity contribution >= 4 is 23.4 Å². The van der Waals surface area contributed by atoms with E-state index in [4.69, 9.17) is 0 Å². The molecule has 0 atom stereocenters. The molecule has 0 aromatic carbocycles. The third-order valence-corrected chi connectivity index (χ3v) is 5.02. The predicted octanol–water partition coefficient (Wildman–Crippen LogP) is 3.30. The number of amides is 1. The molecule has 0 unspecified atom stereocenters. The zero-order valence-electron chi connectivity index (χ0n) is 17.2. The fourth-order valence-corrected chi connectivity index (χ4v) is 3.33. The van der Waals surface area contributed by atoms with Crippen LogP contribution in [0.4, 0.5) is 30.6 Å². The Balaban J connectivity index is 1.38. The standard InChI is InChI=1S/C21H20F3N7O/c1-14-4-5-25-17(10-14)29-18-11-19(28-13-27-18)30-6-8-31(9-7-30)20(32)15-2-3-16(26-12-15)21(22,23)24/h2-5,10-13H,6-9H2,1H3,(H,25,27,28,29). The number of carbonyl (C=O) groups is 1. The van der Waals surface area contributed by atoms with E-state index in [1.54, 1.807) is 17.2 Å². The van der Waals surface area contributed by atoms with Crippen molar-refractivity contribution in [2.75, 3.05) is 36.4 Å². The van der Waals surface area contributed by atoms with Gasteiger partial charge in [0.25, 0.3) is 5.91 Å². The third kappa shape index (κ3) is 4.93. The Morgan fingerprint density at radius 2 is 1.72 bits per heavy atom. The molecule has 32 heavy (non-hydrogen) atoms. The minimum Gasteiger partial charge on any atom is -0.353 e. The van der Waals surface area contributed by atoms with Gasteiger partial charge in [-0.3, -0.25) is 9.78 Å². The highest BCUT2D eigenvalue weighted by Gasteiger charge is 2.32. The Labute approximate surface area is 182 Å². The molecule has 0 radical (unpaired) electrons. The minimum atomic E-state index is -4.53. The molecule has 4 heterocycles. The Morgan fingerprint density at radius 1 is 0.969 bits per heavy atom. The van der Waals surface area contributed by atoms with E-state index in [-0.39, 0.29) is 11.5 Å². The maximum atomic E-state index is 12.7. The number of anilines is 3. The molecule has 1 N–H and O–H groups in total. The number of nitrogens with zero attached hydrogens (tertiary/aromatic N) is 6. The van der Waals surface area contributed by atoms with Gasteiger partial charge in [0.05, 0.1) is 5.56 Å². The number of hydrogen-bond acceptors (Lipinski definition) is 7. The Bertz CT molecular complexity index is 1100. The van der Waals surface area contributed by atoms with Crippen molar-refractivity contribution in [1.82, 2.24) is 24.8 Å². The van der Waals surface area contributed by atoms with Crippen LogP contribution in [0.2, 0.25) is 0 Å². The normalized spacial score (nSPS) is 14.4. The summed E-state index contributed by atoms with van der Waals surface area (Å²) in [5, 5.41) is 3.15. The Kier molecular flexibility index (Phi) is 5.89. The molecule has 1 fully saturated rings. The molecule has 8 nitrogen and oxygen atoms in total. The molecule has 1 aliphatic rings. The Hall–Kier alpha value is -3.76. The van der Waals surface area contributed by atoms with E-state index in [0.29, 0.717) is 43.6 Å².